The summed E-state index contributed by atoms with van der Waals surface area (Å²) in [6.07, 6.45) is -0.0352. The second kappa shape index (κ2) is 13.4. The van der Waals surface area contributed by atoms with Gasteiger partial charge in [0.15, 0.2) is 5.76 Å². The average Bonchev–Trinajstić information content (AvgIpc) is 2.80. The van der Waals surface area contributed by atoms with Crippen molar-refractivity contribution in [3.8, 4) is 11.5 Å². The second-order valence-corrected chi connectivity index (χ2v) is 8.39. The third kappa shape index (κ3) is 7.73. The Morgan fingerprint density at radius 2 is 1.60 bits per heavy atom. The van der Waals surface area contributed by atoms with Gasteiger partial charge < -0.3 is 31.0 Å². The summed E-state index contributed by atoms with van der Waals surface area (Å²) in [5, 5.41) is 29.4. The molecule has 0 spiro atoms. The number of nitrogens with one attached hydrogen (secondary N) is 3. The Morgan fingerprint density at radius 1 is 0.971 bits per heavy atom. The van der Waals surface area contributed by atoms with E-state index in [1.165, 1.54) is 6.07 Å². The molecule has 0 bridgehead atoms. The van der Waals surface area contributed by atoms with E-state index in [0.717, 1.165) is 5.56 Å². The van der Waals surface area contributed by atoms with E-state index >= 15 is 0 Å². The number of amides is 2. The van der Waals surface area contributed by atoms with E-state index in [1.54, 1.807) is 6.07 Å². The third-order valence-corrected chi connectivity index (χ3v) is 5.41. The summed E-state index contributed by atoms with van der Waals surface area (Å²) in [6.45, 7) is 9.26. The van der Waals surface area contributed by atoms with Gasteiger partial charge in [0, 0.05) is 31.3 Å². The molecular formula is C26H36N4O5. The van der Waals surface area contributed by atoms with Crippen LogP contribution in [0.3, 0.4) is 0 Å². The molecule has 9 heteroatoms. The molecule has 0 atom stereocenters. The number of rotatable bonds is 12. The predicted molar refractivity (Wildman–Crippen MR) is 136 cm³/mol. The number of hydrogen-bond donors (Lipinski definition) is 6. The molecule has 0 saturated carbocycles. The van der Waals surface area contributed by atoms with Gasteiger partial charge in [-0.3, -0.25) is 9.59 Å². The van der Waals surface area contributed by atoms with Crippen LogP contribution in [-0.4, -0.2) is 41.7 Å². The molecule has 0 radical (unpaired) electrons. The lowest BCUT2D eigenvalue weighted by molar-refractivity contribution is -0.120. The molecule has 0 fully saturated rings. The lowest BCUT2D eigenvalue weighted by atomic mass is 9.93. The van der Waals surface area contributed by atoms with E-state index in [9.17, 15) is 19.8 Å². The van der Waals surface area contributed by atoms with Crippen molar-refractivity contribution < 1.29 is 24.6 Å². The van der Waals surface area contributed by atoms with Crippen molar-refractivity contribution in [3.63, 3.8) is 0 Å². The zero-order chi connectivity index (χ0) is 26.0. The van der Waals surface area contributed by atoms with Crippen LogP contribution in [0.15, 0.2) is 36.4 Å². The molecule has 35 heavy (non-hydrogen) atoms. The van der Waals surface area contributed by atoms with Crippen molar-refractivity contribution in [2.45, 2.75) is 46.6 Å². The first-order chi connectivity index (χ1) is 16.7. The van der Waals surface area contributed by atoms with Crippen LogP contribution in [0.5, 0.6) is 11.5 Å². The Labute approximate surface area is 206 Å². The van der Waals surface area contributed by atoms with Gasteiger partial charge in [-0.05, 0) is 42.5 Å². The van der Waals surface area contributed by atoms with Gasteiger partial charge in [-0.15, -0.1) is 0 Å². The van der Waals surface area contributed by atoms with Crippen molar-refractivity contribution in [3.05, 3.63) is 58.7 Å². The summed E-state index contributed by atoms with van der Waals surface area (Å²) < 4.78 is 0. The van der Waals surface area contributed by atoms with Gasteiger partial charge in [0.05, 0.1) is 18.5 Å². The predicted octanol–water partition coefficient (Wildman–Crippen LogP) is 2.73. The molecule has 190 valence electrons. The SMILES string of the molecule is CCNC(=O)CNCc1ccc(/C(CC(=O)NCC)=C(/ON)c2cc(C(C)C)c(O)cc2O)cc1. The van der Waals surface area contributed by atoms with Gasteiger partial charge in [0.2, 0.25) is 11.8 Å². The fourth-order valence-electron chi connectivity index (χ4n) is 3.67. The highest BCUT2D eigenvalue weighted by atomic mass is 16.6. The normalized spacial score (nSPS) is 11.7. The van der Waals surface area contributed by atoms with Gasteiger partial charge in [-0.25, -0.2) is 0 Å². The summed E-state index contributed by atoms with van der Waals surface area (Å²) in [4.78, 5) is 29.4. The number of carbonyl (C=O) groups is 2. The number of likely N-dealkylation sites (N-methyl/N-ethyl adjacent to an activating group) is 1. The molecule has 2 amide bonds. The van der Waals surface area contributed by atoms with Crippen LogP contribution in [0.2, 0.25) is 0 Å². The number of aromatic hydroxyl groups is 2. The molecule has 2 rings (SSSR count). The van der Waals surface area contributed by atoms with E-state index < -0.39 is 0 Å². The van der Waals surface area contributed by atoms with Crippen LogP contribution in [0.25, 0.3) is 11.3 Å². The lowest BCUT2D eigenvalue weighted by Crippen LogP contribution is -2.33. The van der Waals surface area contributed by atoms with Gasteiger partial charge in [-0.2, -0.15) is 5.90 Å². The second-order valence-electron chi connectivity index (χ2n) is 8.39. The number of carbonyl (C=O) groups excluding carboxylic acids is 2. The minimum Gasteiger partial charge on any atom is -0.508 e. The van der Waals surface area contributed by atoms with Crippen LogP contribution in [0.4, 0.5) is 0 Å². The largest absolute Gasteiger partial charge is 0.508 e. The Kier molecular flexibility index (Phi) is 10.6. The Hall–Kier alpha value is -3.56. The molecule has 0 saturated heterocycles. The standard InChI is InChI=1S/C26H36N4O5/c1-5-29-24(33)12-20(18-9-7-17(8-10-18)14-28-15-25(34)30-6-2)26(35-27)21-11-19(16(3)4)22(31)13-23(21)32/h7-11,13,16,28,31-32H,5-6,12,14-15,27H2,1-4H3,(H,29,33)(H,30,34)/b26-20+. The van der Waals surface area contributed by atoms with Crippen LogP contribution in [0.1, 0.15) is 62.3 Å². The van der Waals surface area contributed by atoms with Crippen LogP contribution in [-0.2, 0) is 21.0 Å². The summed E-state index contributed by atoms with van der Waals surface area (Å²) in [6, 6.07) is 10.3. The molecule has 0 aliphatic carbocycles. The van der Waals surface area contributed by atoms with E-state index in [2.05, 4.69) is 16.0 Å². The lowest BCUT2D eigenvalue weighted by Gasteiger charge is -2.18. The van der Waals surface area contributed by atoms with E-state index in [4.69, 9.17) is 10.7 Å². The minimum absolute atomic E-state index is 0.0218. The Morgan fingerprint density at radius 3 is 2.17 bits per heavy atom. The first kappa shape index (κ1) is 27.7. The molecule has 7 N–H and O–H groups in total. The fourth-order valence-corrected chi connectivity index (χ4v) is 3.67. The number of hydrogen-bond acceptors (Lipinski definition) is 7. The summed E-state index contributed by atoms with van der Waals surface area (Å²) >= 11 is 0. The molecular weight excluding hydrogens is 448 g/mol. The Bertz CT molecular complexity index is 1050. The molecule has 0 aliphatic heterocycles. The van der Waals surface area contributed by atoms with Crippen LogP contribution < -0.4 is 21.8 Å². The van der Waals surface area contributed by atoms with Crippen molar-refractivity contribution in [2.75, 3.05) is 19.6 Å². The minimum atomic E-state index is -0.230. The average molecular weight is 485 g/mol. The maximum atomic E-state index is 12.5. The van der Waals surface area contributed by atoms with Crippen molar-refractivity contribution in [1.29, 1.82) is 0 Å². The summed E-state index contributed by atoms with van der Waals surface area (Å²) in [5.74, 6) is 5.22. The molecule has 2 aromatic carbocycles. The van der Waals surface area contributed by atoms with E-state index in [0.29, 0.717) is 36.3 Å². The monoisotopic (exact) mass is 484 g/mol. The highest BCUT2D eigenvalue weighted by Crippen LogP contribution is 2.39. The van der Waals surface area contributed by atoms with Crippen molar-refractivity contribution >= 4 is 23.1 Å². The van der Waals surface area contributed by atoms with Gasteiger partial charge in [-0.1, -0.05) is 38.1 Å². The van der Waals surface area contributed by atoms with Crippen LogP contribution >= 0.6 is 0 Å². The third-order valence-electron chi connectivity index (χ3n) is 5.41. The smallest absolute Gasteiger partial charge is 0.233 e. The number of nitrogens with two attached hydrogens (primary N) is 1. The van der Waals surface area contributed by atoms with Gasteiger partial charge in [0.25, 0.3) is 0 Å². The molecule has 0 heterocycles. The van der Waals surface area contributed by atoms with E-state index in [-0.39, 0.29) is 53.5 Å². The molecule has 0 unspecified atom stereocenters. The number of benzene rings is 2. The summed E-state index contributed by atoms with van der Waals surface area (Å²) in [7, 11) is 0. The van der Waals surface area contributed by atoms with Gasteiger partial charge in [0.1, 0.15) is 11.5 Å². The molecule has 0 aromatic heterocycles. The zero-order valence-electron chi connectivity index (χ0n) is 20.8. The molecule has 9 nitrogen and oxygen atoms in total. The molecule has 2 aromatic rings. The van der Waals surface area contributed by atoms with E-state index in [1.807, 2.05) is 52.0 Å². The van der Waals surface area contributed by atoms with Gasteiger partial charge >= 0.3 is 0 Å². The van der Waals surface area contributed by atoms with Crippen LogP contribution in [0, 0.1) is 0 Å². The topological polar surface area (TPSA) is 146 Å². The highest BCUT2D eigenvalue weighted by molar-refractivity contribution is 5.98. The van der Waals surface area contributed by atoms with Crippen molar-refractivity contribution in [1.82, 2.24) is 16.0 Å². The first-order valence-electron chi connectivity index (χ1n) is 11.7. The quantitative estimate of drug-likeness (QED) is 0.154. The first-order valence-corrected chi connectivity index (χ1v) is 11.7. The summed E-state index contributed by atoms with van der Waals surface area (Å²) in [5.41, 5.74) is 3.00. The maximum Gasteiger partial charge on any atom is 0.233 e. The number of phenolic OH excluding ortho intramolecular Hbond substituents is 2. The van der Waals surface area contributed by atoms with Crippen molar-refractivity contribution in [2.24, 2.45) is 5.90 Å². The maximum absolute atomic E-state index is 12.5. The fraction of sp³-hybridized carbons (Fsp3) is 0.385. The number of phenols is 2. The highest BCUT2D eigenvalue weighted by Gasteiger charge is 2.22. The Balaban J connectivity index is 2.46. The molecule has 0 aliphatic rings. The zero-order valence-corrected chi connectivity index (χ0v) is 20.8.